The molecule has 1 N–H and O–H groups in total. The molecule has 1 aromatic carbocycles. The fourth-order valence-corrected chi connectivity index (χ4v) is 3.73. The molecule has 106 valence electrons. The molecule has 1 saturated carbocycles. The molecule has 0 aromatic heterocycles. The van der Waals surface area contributed by atoms with Crippen molar-refractivity contribution in [2.45, 2.75) is 36.1 Å². The quantitative estimate of drug-likeness (QED) is 0.609. The van der Waals surface area contributed by atoms with E-state index >= 15 is 0 Å². The van der Waals surface area contributed by atoms with Crippen molar-refractivity contribution in [2.75, 3.05) is 32.9 Å². The highest BCUT2D eigenvalue weighted by molar-refractivity contribution is 7.99. The van der Waals surface area contributed by atoms with Gasteiger partial charge in [-0.25, -0.2) is 0 Å². The number of hydrogen-bond donors (Lipinski definition) is 1. The third-order valence-electron chi connectivity index (χ3n) is 4.23. The zero-order valence-corrected chi connectivity index (χ0v) is 13.0. The third-order valence-corrected chi connectivity index (χ3v) is 5.24. The summed E-state index contributed by atoms with van der Waals surface area (Å²) in [5, 5.41) is 3.66. The average Bonchev–Trinajstić information content (AvgIpc) is 2.90. The summed E-state index contributed by atoms with van der Waals surface area (Å²) in [5.41, 5.74) is 0.414. The Morgan fingerprint density at radius 3 is 2.47 bits per heavy atom. The summed E-state index contributed by atoms with van der Waals surface area (Å²) in [6, 6.07) is 10.7. The van der Waals surface area contributed by atoms with E-state index in [4.69, 9.17) is 0 Å². The molecule has 0 atom stereocenters. The van der Waals surface area contributed by atoms with Crippen LogP contribution in [-0.4, -0.2) is 43.4 Å². The van der Waals surface area contributed by atoms with Crippen LogP contribution in [0.1, 0.15) is 25.7 Å². The Morgan fingerprint density at radius 2 is 1.84 bits per heavy atom. The smallest absolute Gasteiger partial charge is 0.0327 e. The van der Waals surface area contributed by atoms with Gasteiger partial charge in [0.25, 0.3) is 0 Å². The summed E-state index contributed by atoms with van der Waals surface area (Å²) >= 11 is 1.93. The van der Waals surface area contributed by atoms with Crippen molar-refractivity contribution in [1.82, 2.24) is 10.2 Å². The number of nitrogens with zero attached hydrogens (tertiary/aromatic N) is 1. The van der Waals surface area contributed by atoms with E-state index in [2.05, 4.69) is 54.6 Å². The van der Waals surface area contributed by atoms with Gasteiger partial charge in [0, 0.05) is 29.3 Å². The van der Waals surface area contributed by atoms with Crippen molar-refractivity contribution in [2.24, 2.45) is 0 Å². The van der Waals surface area contributed by atoms with Crippen LogP contribution >= 0.6 is 11.8 Å². The first-order valence-electron chi connectivity index (χ1n) is 7.29. The largest absolute Gasteiger partial charge is 0.314 e. The predicted octanol–water partition coefficient (Wildman–Crippen LogP) is 3.24. The molecule has 0 heterocycles. The maximum Gasteiger partial charge on any atom is 0.0327 e. The van der Waals surface area contributed by atoms with Gasteiger partial charge in [0.2, 0.25) is 0 Å². The lowest BCUT2D eigenvalue weighted by molar-refractivity contribution is 0.155. The van der Waals surface area contributed by atoms with Crippen molar-refractivity contribution >= 4 is 11.8 Å². The molecule has 2 nitrogen and oxygen atoms in total. The number of rotatable bonds is 7. The Labute approximate surface area is 122 Å². The van der Waals surface area contributed by atoms with Crippen LogP contribution in [0.3, 0.4) is 0 Å². The Hall–Kier alpha value is -0.510. The molecule has 2 rings (SSSR count). The summed E-state index contributed by atoms with van der Waals surface area (Å²) in [7, 11) is 4.46. The Kier molecular flexibility index (Phi) is 5.74. The minimum Gasteiger partial charge on any atom is -0.314 e. The van der Waals surface area contributed by atoms with Crippen LogP contribution in [0, 0.1) is 0 Å². The van der Waals surface area contributed by atoms with E-state index < -0.39 is 0 Å². The van der Waals surface area contributed by atoms with Gasteiger partial charge < -0.3 is 10.2 Å². The van der Waals surface area contributed by atoms with Crippen molar-refractivity contribution in [1.29, 1.82) is 0 Å². The maximum atomic E-state index is 3.66. The van der Waals surface area contributed by atoms with E-state index in [0.717, 1.165) is 18.8 Å². The standard InChI is InChI=1S/C16H26N2S/c1-18(2)16(10-6-7-11-16)14-17-12-13-19-15-8-4-3-5-9-15/h3-5,8-9,17H,6-7,10-14H2,1-2H3. The lowest BCUT2D eigenvalue weighted by atomic mass is 9.96. The molecular weight excluding hydrogens is 252 g/mol. The third kappa shape index (κ3) is 4.23. The van der Waals surface area contributed by atoms with Crippen LogP contribution in [-0.2, 0) is 0 Å². The molecule has 0 aliphatic heterocycles. The Balaban J connectivity index is 1.66. The lowest BCUT2D eigenvalue weighted by Crippen LogP contribution is -2.49. The summed E-state index contributed by atoms with van der Waals surface area (Å²) in [6.07, 6.45) is 5.47. The van der Waals surface area contributed by atoms with Crippen molar-refractivity contribution in [3.63, 3.8) is 0 Å². The summed E-state index contributed by atoms with van der Waals surface area (Å²) in [6.45, 7) is 2.23. The summed E-state index contributed by atoms with van der Waals surface area (Å²) < 4.78 is 0. The van der Waals surface area contributed by atoms with Gasteiger partial charge in [-0.3, -0.25) is 0 Å². The number of hydrogen-bond acceptors (Lipinski definition) is 3. The highest BCUT2D eigenvalue weighted by atomic mass is 32.2. The van der Waals surface area contributed by atoms with Gasteiger partial charge >= 0.3 is 0 Å². The highest BCUT2D eigenvalue weighted by Gasteiger charge is 2.35. The molecule has 1 aromatic rings. The molecule has 0 bridgehead atoms. The van der Waals surface area contributed by atoms with Gasteiger partial charge in [0.15, 0.2) is 0 Å². The average molecular weight is 278 g/mol. The van der Waals surface area contributed by atoms with Crippen LogP contribution in [0.5, 0.6) is 0 Å². The molecule has 3 heteroatoms. The number of benzene rings is 1. The van der Waals surface area contributed by atoms with E-state index in [1.54, 1.807) is 0 Å². The molecule has 0 spiro atoms. The van der Waals surface area contributed by atoms with Crippen molar-refractivity contribution < 1.29 is 0 Å². The van der Waals surface area contributed by atoms with Gasteiger partial charge in [-0.05, 0) is 39.1 Å². The topological polar surface area (TPSA) is 15.3 Å². The van der Waals surface area contributed by atoms with E-state index in [-0.39, 0.29) is 0 Å². The SMILES string of the molecule is CN(C)C1(CNCCSc2ccccc2)CCCC1. The minimum absolute atomic E-state index is 0.414. The first-order valence-corrected chi connectivity index (χ1v) is 8.27. The lowest BCUT2D eigenvalue weighted by Gasteiger charge is -2.36. The zero-order valence-electron chi connectivity index (χ0n) is 12.2. The molecule has 0 unspecified atom stereocenters. The Bertz CT molecular complexity index is 358. The van der Waals surface area contributed by atoms with Crippen LogP contribution in [0.25, 0.3) is 0 Å². The van der Waals surface area contributed by atoms with E-state index in [9.17, 15) is 0 Å². The fourth-order valence-electron chi connectivity index (χ4n) is 2.89. The molecule has 1 aliphatic rings. The molecular formula is C16H26N2S. The number of likely N-dealkylation sites (N-methyl/N-ethyl adjacent to an activating group) is 1. The van der Waals surface area contributed by atoms with Gasteiger partial charge in [-0.2, -0.15) is 0 Å². The second kappa shape index (κ2) is 7.32. The van der Waals surface area contributed by atoms with Crippen LogP contribution < -0.4 is 5.32 Å². The second-order valence-corrected chi connectivity index (χ2v) is 6.83. The summed E-state index contributed by atoms with van der Waals surface area (Å²) in [4.78, 5) is 3.80. The van der Waals surface area contributed by atoms with Gasteiger partial charge in [0.05, 0.1) is 0 Å². The van der Waals surface area contributed by atoms with Crippen molar-refractivity contribution in [3.8, 4) is 0 Å². The van der Waals surface area contributed by atoms with E-state index in [0.29, 0.717) is 5.54 Å². The predicted molar refractivity (Wildman–Crippen MR) is 84.9 cm³/mol. The first-order chi connectivity index (χ1) is 9.23. The van der Waals surface area contributed by atoms with Crippen molar-refractivity contribution in [3.05, 3.63) is 30.3 Å². The van der Waals surface area contributed by atoms with Gasteiger partial charge in [0.1, 0.15) is 0 Å². The highest BCUT2D eigenvalue weighted by Crippen LogP contribution is 2.33. The Morgan fingerprint density at radius 1 is 1.16 bits per heavy atom. The maximum absolute atomic E-state index is 3.66. The second-order valence-electron chi connectivity index (χ2n) is 5.66. The monoisotopic (exact) mass is 278 g/mol. The molecule has 1 aliphatic carbocycles. The normalized spacial score (nSPS) is 18.1. The fraction of sp³-hybridized carbons (Fsp3) is 0.625. The molecule has 1 fully saturated rings. The molecule has 0 amide bonds. The molecule has 0 saturated heterocycles. The number of nitrogens with one attached hydrogen (secondary N) is 1. The number of thioether (sulfide) groups is 1. The van der Waals surface area contributed by atoms with Gasteiger partial charge in [-0.1, -0.05) is 31.0 Å². The first kappa shape index (κ1) is 14.9. The van der Waals surface area contributed by atoms with Crippen LogP contribution in [0.2, 0.25) is 0 Å². The molecule has 0 radical (unpaired) electrons. The molecule has 19 heavy (non-hydrogen) atoms. The van der Waals surface area contributed by atoms with Gasteiger partial charge in [-0.15, -0.1) is 11.8 Å². The zero-order chi connectivity index (χ0) is 13.6. The van der Waals surface area contributed by atoms with E-state index in [1.165, 1.54) is 30.6 Å². The summed E-state index contributed by atoms with van der Waals surface area (Å²) in [5.74, 6) is 1.15. The minimum atomic E-state index is 0.414. The van der Waals surface area contributed by atoms with Crippen LogP contribution in [0.4, 0.5) is 0 Å². The van der Waals surface area contributed by atoms with E-state index in [1.807, 2.05) is 11.8 Å². The van der Waals surface area contributed by atoms with Crippen LogP contribution in [0.15, 0.2) is 35.2 Å².